The van der Waals surface area contributed by atoms with E-state index < -0.39 is 64.1 Å². The first kappa shape index (κ1) is 42.7. The van der Waals surface area contributed by atoms with Crippen LogP contribution in [0.1, 0.15) is 39.6 Å². The largest absolute Gasteiger partial charge is 0.523 e. The van der Waals surface area contributed by atoms with E-state index in [4.69, 9.17) is 18.4 Å². The fraction of sp³-hybridized carbons (Fsp3) is 0.163. The Morgan fingerprint density at radius 1 is 0.578 bits per heavy atom. The fourth-order valence-corrected chi connectivity index (χ4v) is 9.04. The molecule has 0 unspecified atom stereocenters. The zero-order valence-corrected chi connectivity index (χ0v) is 34.5. The van der Waals surface area contributed by atoms with Gasteiger partial charge in [0, 0.05) is 0 Å². The van der Waals surface area contributed by atoms with Crippen LogP contribution in [0.3, 0.4) is 0 Å². The lowest BCUT2D eigenvalue weighted by molar-refractivity contribution is -0.122. The van der Waals surface area contributed by atoms with Crippen molar-refractivity contribution >= 4 is 21.3 Å². The molecule has 0 bridgehead atoms. The lowest BCUT2D eigenvalue weighted by Crippen LogP contribution is -2.48. The number of nitrogens with zero attached hydrogens (tertiary/aromatic N) is 4. The SMILES string of the molecule is O=S(=O)(O[C@H]1[C@@H](OC(c2ccccc2)(c2ccccc2)c2ccccc2)[C@H](n2cnc3cnc(F)nc32)O[C@@H]1COC(c1ccccc1)(c1ccccc1)c1ccccc1)C(F)(F)F. The number of hydrogen-bond acceptors (Lipinski definition) is 9. The van der Waals surface area contributed by atoms with Gasteiger partial charge in [-0.25, -0.2) is 9.97 Å². The summed E-state index contributed by atoms with van der Waals surface area (Å²) >= 11 is 0. The summed E-state index contributed by atoms with van der Waals surface area (Å²) in [4.78, 5) is 11.9. The zero-order chi connectivity index (χ0) is 44.4. The first-order valence-electron chi connectivity index (χ1n) is 20.2. The molecule has 1 fully saturated rings. The van der Waals surface area contributed by atoms with Gasteiger partial charge in [-0.05, 0) is 33.4 Å². The van der Waals surface area contributed by atoms with Crippen LogP contribution >= 0.6 is 0 Å². The minimum Gasteiger partial charge on any atom is -0.358 e. The number of fused-ring (bicyclic) bond motifs is 1. The third-order valence-corrected chi connectivity index (χ3v) is 12.3. The lowest BCUT2D eigenvalue weighted by Gasteiger charge is -2.40. The monoisotopic (exact) mass is 886 g/mol. The Labute approximate surface area is 365 Å². The molecule has 0 saturated carbocycles. The summed E-state index contributed by atoms with van der Waals surface area (Å²) in [5.41, 5.74) is -5.42. The lowest BCUT2D eigenvalue weighted by atomic mass is 9.79. The van der Waals surface area contributed by atoms with Crippen molar-refractivity contribution in [2.24, 2.45) is 0 Å². The second-order valence-electron chi connectivity index (χ2n) is 15.0. The van der Waals surface area contributed by atoms with Crippen molar-refractivity contribution in [2.75, 3.05) is 6.61 Å². The Bertz CT molecular complexity index is 2730. The molecule has 324 valence electrons. The molecule has 15 heteroatoms. The maximum atomic E-state index is 14.9. The van der Waals surface area contributed by atoms with Gasteiger partial charge in [-0.1, -0.05) is 182 Å². The number of rotatable bonds is 14. The van der Waals surface area contributed by atoms with E-state index in [1.165, 1.54) is 10.9 Å². The molecule has 3 heterocycles. The van der Waals surface area contributed by atoms with Crippen molar-refractivity contribution in [1.82, 2.24) is 19.5 Å². The summed E-state index contributed by atoms with van der Waals surface area (Å²) < 4.78 is 113. The number of imidazole rings is 1. The first-order chi connectivity index (χ1) is 31.0. The van der Waals surface area contributed by atoms with Gasteiger partial charge in [0.05, 0.1) is 19.1 Å². The normalized spacial score (nSPS) is 18.3. The Balaban J connectivity index is 1.27. The number of halogens is 4. The molecule has 1 aliphatic heterocycles. The molecule has 6 aromatic carbocycles. The summed E-state index contributed by atoms with van der Waals surface area (Å²) in [5.74, 6) is 0. The molecule has 64 heavy (non-hydrogen) atoms. The summed E-state index contributed by atoms with van der Waals surface area (Å²) in [7, 11) is -6.37. The van der Waals surface area contributed by atoms with Gasteiger partial charge >= 0.3 is 21.7 Å². The molecule has 0 amide bonds. The van der Waals surface area contributed by atoms with Crippen LogP contribution in [-0.4, -0.2) is 58.4 Å². The first-order valence-corrected chi connectivity index (χ1v) is 21.6. The Hall–Kier alpha value is -6.62. The van der Waals surface area contributed by atoms with E-state index in [1.54, 1.807) is 91.0 Å². The molecule has 0 N–H and O–H groups in total. The van der Waals surface area contributed by atoms with Gasteiger partial charge in [0.1, 0.15) is 35.0 Å². The van der Waals surface area contributed by atoms with Crippen LogP contribution < -0.4 is 0 Å². The second-order valence-corrected chi connectivity index (χ2v) is 16.5. The van der Waals surface area contributed by atoms with Crippen LogP contribution in [-0.2, 0) is 39.7 Å². The van der Waals surface area contributed by atoms with Crippen molar-refractivity contribution in [3.63, 3.8) is 0 Å². The number of alkyl halides is 3. The van der Waals surface area contributed by atoms with Crippen LogP contribution in [0.15, 0.2) is 195 Å². The van der Waals surface area contributed by atoms with Gasteiger partial charge in [0.2, 0.25) is 0 Å². The van der Waals surface area contributed by atoms with Crippen LogP contribution in [0.2, 0.25) is 0 Å². The Kier molecular flexibility index (Phi) is 11.7. The zero-order valence-electron chi connectivity index (χ0n) is 33.7. The average molecular weight is 887 g/mol. The number of benzene rings is 6. The number of aromatic nitrogens is 4. The van der Waals surface area contributed by atoms with Gasteiger partial charge < -0.3 is 14.2 Å². The van der Waals surface area contributed by atoms with Crippen LogP contribution in [0.4, 0.5) is 17.6 Å². The van der Waals surface area contributed by atoms with E-state index in [0.29, 0.717) is 33.4 Å². The van der Waals surface area contributed by atoms with Gasteiger partial charge in [-0.2, -0.15) is 31.0 Å². The maximum Gasteiger partial charge on any atom is 0.523 e. The highest BCUT2D eigenvalue weighted by atomic mass is 32.2. The molecule has 0 radical (unpaired) electrons. The third kappa shape index (κ3) is 7.86. The minimum atomic E-state index is -6.37. The van der Waals surface area contributed by atoms with Gasteiger partial charge in [0.25, 0.3) is 0 Å². The number of hydrogen-bond donors (Lipinski definition) is 0. The molecular weight excluding hydrogens is 849 g/mol. The third-order valence-electron chi connectivity index (χ3n) is 11.2. The molecule has 8 aromatic rings. The minimum absolute atomic E-state index is 0.109. The molecule has 9 rings (SSSR count). The highest BCUT2D eigenvalue weighted by Crippen LogP contribution is 2.48. The molecular formula is C49H38F4N4O6S. The van der Waals surface area contributed by atoms with Crippen LogP contribution in [0.5, 0.6) is 0 Å². The predicted molar refractivity (Wildman–Crippen MR) is 228 cm³/mol. The number of ether oxygens (including phenoxy) is 3. The Morgan fingerprint density at radius 3 is 1.39 bits per heavy atom. The summed E-state index contributed by atoms with van der Waals surface area (Å²) in [5, 5.41) is 0. The van der Waals surface area contributed by atoms with Crippen molar-refractivity contribution in [3.8, 4) is 0 Å². The molecule has 2 aromatic heterocycles. The molecule has 4 atom stereocenters. The highest BCUT2D eigenvalue weighted by molar-refractivity contribution is 7.87. The van der Waals surface area contributed by atoms with Gasteiger partial charge in [-0.3, -0.25) is 8.75 Å². The smallest absolute Gasteiger partial charge is 0.358 e. The van der Waals surface area contributed by atoms with Crippen molar-refractivity contribution < 1.29 is 44.4 Å². The second kappa shape index (κ2) is 17.5. The van der Waals surface area contributed by atoms with E-state index in [1.807, 2.05) is 91.0 Å². The van der Waals surface area contributed by atoms with Crippen molar-refractivity contribution in [3.05, 3.63) is 234 Å². The van der Waals surface area contributed by atoms with Gasteiger partial charge in [0.15, 0.2) is 11.9 Å². The maximum absolute atomic E-state index is 14.9. The topological polar surface area (TPSA) is 115 Å². The van der Waals surface area contributed by atoms with E-state index >= 15 is 0 Å². The van der Waals surface area contributed by atoms with E-state index in [0.717, 1.165) is 6.20 Å². The Morgan fingerprint density at radius 2 is 0.984 bits per heavy atom. The molecule has 1 aliphatic rings. The molecule has 0 aliphatic carbocycles. The van der Waals surface area contributed by atoms with Crippen molar-refractivity contribution in [2.45, 2.75) is 41.3 Å². The van der Waals surface area contributed by atoms with E-state index in [2.05, 4.69) is 15.0 Å². The molecule has 1 saturated heterocycles. The van der Waals surface area contributed by atoms with E-state index in [9.17, 15) is 26.0 Å². The summed E-state index contributed by atoms with van der Waals surface area (Å²) in [6.45, 7) is -0.571. The van der Waals surface area contributed by atoms with Gasteiger partial charge in [-0.15, -0.1) is 0 Å². The van der Waals surface area contributed by atoms with E-state index in [-0.39, 0.29) is 11.2 Å². The summed E-state index contributed by atoms with van der Waals surface area (Å²) in [6.07, 6.45) is -5.79. The molecule has 0 spiro atoms. The van der Waals surface area contributed by atoms with Crippen LogP contribution in [0, 0.1) is 6.08 Å². The van der Waals surface area contributed by atoms with Crippen molar-refractivity contribution in [1.29, 1.82) is 0 Å². The predicted octanol–water partition coefficient (Wildman–Crippen LogP) is 9.48. The van der Waals surface area contributed by atoms with Crippen LogP contribution in [0.25, 0.3) is 11.2 Å². The highest BCUT2D eigenvalue weighted by Gasteiger charge is 2.58. The standard InChI is InChI=1S/C49H38F4N4O6S/c50-46-54-31-40-44(56-46)57(33-55-40)45-43(62-48(37-25-13-4-14-26-37,38-27-15-5-16-28-38)39-29-17-6-18-30-39)42(63-64(58,59)49(51,52)53)41(61-45)32-60-47(34-19-7-1-8-20-34,35-21-9-2-10-22-35)36-23-11-3-12-24-36/h1-31,33,41-43,45H,32H2/t41-,42-,43-,45-/m1/s1. The fourth-order valence-electron chi connectivity index (χ4n) is 8.40. The molecule has 10 nitrogen and oxygen atoms in total. The summed E-state index contributed by atoms with van der Waals surface area (Å²) in [6, 6.07) is 54.4. The average Bonchev–Trinajstić information content (AvgIpc) is 3.89. The quantitative estimate of drug-likeness (QED) is 0.0347.